The summed E-state index contributed by atoms with van der Waals surface area (Å²) >= 11 is 0. The monoisotopic (exact) mass is 354 g/mol. The highest BCUT2D eigenvalue weighted by molar-refractivity contribution is 5.91. The number of hydrogen-bond donors (Lipinski definition) is 0. The minimum atomic E-state index is -0.330. The van der Waals surface area contributed by atoms with E-state index in [4.69, 9.17) is 4.52 Å². The summed E-state index contributed by atoms with van der Waals surface area (Å²) in [7, 11) is 0. The summed E-state index contributed by atoms with van der Waals surface area (Å²) in [6, 6.07) is 5.48. The van der Waals surface area contributed by atoms with Crippen molar-refractivity contribution in [2.75, 3.05) is 19.6 Å². The Balaban J connectivity index is 1.43. The summed E-state index contributed by atoms with van der Waals surface area (Å²) in [5.74, 6) is 0.347. The van der Waals surface area contributed by atoms with Crippen molar-refractivity contribution in [3.8, 4) is 0 Å². The third-order valence-corrected chi connectivity index (χ3v) is 5.60. The van der Waals surface area contributed by atoms with Gasteiger partial charge in [0.05, 0.1) is 11.6 Å². The second-order valence-electron chi connectivity index (χ2n) is 7.13. The van der Waals surface area contributed by atoms with Gasteiger partial charge >= 0.3 is 0 Å². The molecule has 2 aromatic heterocycles. The summed E-state index contributed by atoms with van der Waals surface area (Å²) in [6.07, 6.45) is 8.21. The highest BCUT2D eigenvalue weighted by atomic mass is 16.5. The summed E-state index contributed by atoms with van der Waals surface area (Å²) in [6.45, 7) is 2.63. The van der Waals surface area contributed by atoms with E-state index < -0.39 is 0 Å². The van der Waals surface area contributed by atoms with Gasteiger partial charge in [-0.2, -0.15) is 0 Å². The number of amides is 2. The highest BCUT2D eigenvalue weighted by Gasteiger charge is 2.47. The van der Waals surface area contributed by atoms with Crippen molar-refractivity contribution >= 4 is 11.8 Å². The Morgan fingerprint density at radius 2 is 1.88 bits per heavy atom. The van der Waals surface area contributed by atoms with E-state index in [9.17, 15) is 9.59 Å². The van der Waals surface area contributed by atoms with Crippen molar-refractivity contribution < 1.29 is 14.1 Å². The minimum Gasteiger partial charge on any atom is -0.351 e. The maximum absolute atomic E-state index is 13.1. The number of nitrogens with zero attached hydrogens (tertiary/aromatic N) is 4. The molecule has 7 heteroatoms. The van der Waals surface area contributed by atoms with Gasteiger partial charge in [0.1, 0.15) is 0 Å². The normalized spacial score (nSPS) is 23.5. The van der Waals surface area contributed by atoms with Crippen LogP contribution in [0.1, 0.15) is 41.8 Å². The van der Waals surface area contributed by atoms with Crippen molar-refractivity contribution in [2.45, 2.75) is 32.2 Å². The molecule has 4 rings (SSSR count). The fourth-order valence-corrected chi connectivity index (χ4v) is 4.10. The lowest BCUT2D eigenvalue weighted by atomic mass is 9.79. The average Bonchev–Trinajstić information content (AvgIpc) is 3.23. The second kappa shape index (κ2) is 6.90. The number of carbonyl (C=O) groups is 2. The molecule has 0 aromatic carbocycles. The van der Waals surface area contributed by atoms with E-state index in [-0.39, 0.29) is 23.0 Å². The third kappa shape index (κ3) is 3.09. The molecule has 1 atom stereocenters. The van der Waals surface area contributed by atoms with Crippen LogP contribution in [0.25, 0.3) is 0 Å². The molecule has 4 heterocycles. The Morgan fingerprint density at radius 1 is 1.08 bits per heavy atom. The lowest BCUT2D eigenvalue weighted by molar-refractivity contribution is -0.137. The minimum absolute atomic E-state index is 0.140. The molecule has 0 aliphatic carbocycles. The van der Waals surface area contributed by atoms with E-state index in [1.165, 1.54) is 6.20 Å². The molecule has 0 bridgehead atoms. The van der Waals surface area contributed by atoms with Crippen LogP contribution >= 0.6 is 0 Å². The predicted molar refractivity (Wildman–Crippen MR) is 93.0 cm³/mol. The molecule has 2 amide bonds. The molecule has 2 aromatic rings. The van der Waals surface area contributed by atoms with Crippen LogP contribution in [0.2, 0.25) is 0 Å². The molecule has 2 saturated heterocycles. The average molecular weight is 354 g/mol. The number of hydrogen-bond acceptors (Lipinski definition) is 5. The molecule has 1 spiro atoms. The van der Waals surface area contributed by atoms with Crippen LogP contribution in [0.5, 0.6) is 0 Å². The molecule has 0 radical (unpaired) electrons. The fraction of sp³-hybridized carbons (Fsp3) is 0.474. The van der Waals surface area contributed by atoms with Crippen molar-refractivity contribution in [1.82, 2.24) is 19.9 Å². The first-order valence-corrected chi connectivity index (χ1v) is 9.06. The number of aromatic nitrogens is 2. The molecule has 26 heavy (non-hydrogen) atoms. The number of pyridine rings is 1. The van der Waals surface area contributed by atoms with E-state index in [1.807, 2.05) is 17.0 Å². The summed E-state index contributed by atoms with van der Waals surface area (Å²) < 4.78 is 4.99. The molecule has 2 aliphatic heterocycles. The van der Waals surface area contributed by atoms with Gasteiger partial charge in [0, 0.05) is 44.6 Å². The van der Waals surface area contributed by atoms with Gasteiger partial charge in [-0.1, -0.05) is 5.16 Å². The van der Waals surface area contributed by atoms with E-state index in [0.717, 1.165) is 31.4 Å². The van der Waals surface area contributed by atoms with Crippen LogP contribution < -0.4 is 0 Å². The van der Waals surface area contributed by atoms with Gasteiger partial charge in [-0.15, -0.1) is 0 Å². The van der Waals surface area contributed by atoms with Crippen molar-refractivity contribution in [3.05, 3.63) is 48.1 Å². The van der Waals surface area contributed by atoms with Crippen LogP contribution in [-0.2, 0) is 11.3 Å². The van der Waals surface area contributed by atoms with Gasteiger partial charge in [-0.25, -0.2) is 0 Å². The topological polar surface area (TPSA) is 79.5 Å². The molecule has 2 fully saturated rings. The Hall–Kier alpha value is -2.70. The van der Waals surface area contributed by atoms with E-state index in [0.29, 0.717) is 26.1 Å². The molecular formula is C19H22N4O3. The van der Waals surface area contributed by atoms with E-state index in [1.54, 1.807) is 23.4 Å². The molecule has 7 nitrogen and oxygen atoms in total. The Morgan fingerprint density at radius 3 is 2.65 bits per heavy atom. The second-order valence-corrected chi connectivity index (χ2v) is 7.13. The molecular weight excluding hydrogens is 332 g/mol. The zero-order valence-electron chi connectivity index (χ0n) is 14.6. The Labute approximate surface area is 152 Å². The van der Waals surface area contributed by atoms with Gasteiger partial charge in [0.15, 0.2) is 0 Å². The Kier molecular flexibility index (Phi) is 4.44. The molecule has 0 saturated carbocycles. The predicted octanol–water partition coefficient (Wildman–Crippen LogP) is 2.11. The fourth-order valence-electron chi connectivity index (χ4n) is 4.10. The summed E-state index contributed by atoms with van der Waals surface area (Å²) in [4.78, 5) is 33.4. The number of likely N-dealkylation sites (tertiary alicyclic amines) is 2. The molecule has 1 unspecified atom stereocenters. The van der Waals surface area contributed by atoms with Gasteiger partial charge < -0.3 is 14.3 Å². The quantitative estimate of drug-likeness (QED) is 0.843. The van der Waals surface area contributed by atoms with Gasteiger partial charge in [0.2, 0.25) is 11.7 Å². The first kappa shape index (κ1) is 16.8. The van der Waals surface area contributed by atoms with Gasteiger partial charge in [-0.05, 0) is 43.4 Å². The maximum atomic E-state index is 13.1. The molecule has 2 aliphatic rings. The van der Waals surface area contributed by atoms with Crippen molar-refractivity contribution in [1.29, 1.82) is 0 Å². The molecule has 136 valence electrons. The van der Waals surface area contributed by atoms with Crippen molar-refractivity contribution in [2.24, 2.45) is 5.41 Å². The first-order chi connectivity index (χ1) is 12.7. The maximum Gasteiger partial charge on any atom is 0.292 e. The molecule has 0 N–H and O–H groups in total. The standard InChI is InChI=1S/C19H22N4O3/c24-17(16-4-10-21-26-16)22-11-1-5-19(6-12-22)7-13-23(18(19)25)14-15-2-8-20-9-3-15/h2-4,8-10H,1,5-7,11-14H2. The highest BCUT2D eigenvalue weighted by Crippen LogP contribution is 2.42. The van der Waals surface area contributed by atoms with Crippen LogP contribution in [0.4, 0.5) is 0 Å². The van der Waals surface area contributed by atoms with Crippen LogP contribution in [-0.4, -0.2) is 51.4 Å². The summed E-state index contributed by atoms with van der Waals surface area (Å²) in [5, 5.41) is 3.61. The number of carbonyl (C=O) groups excluding carboxylic acids is 2. The summed E-state index contributed by atoms with van der Waals surface area (Å²) in [5.41, 5.74) is 0.768. The van der Waals surface area contributed by atoms with Crippen molar-refractivity contribution in [3.63, 3.8) is 0 Å². The van der Waals surface area contributed by atoms with E-state index in [2.05, 4.69) is 10.1 Å². The first-order valence-electron chi connectivity index (χ1n) is 9.06. The van der Waals surface area contributed by atoms with E-state index >= 15 is 0 Å². The lowest BCUT2D eigenvalue weighted by Gasteiger charge is -2.26. The Bertz CT molecular complexity index is 777. The van der Waals surface area contributed by atoms with Gasteiger partial charge in [-0.3, -0.25) is 14.6 Å². The van der Waals surface area contributed by atoms with Crippen LogP contribution in [0.15, 0.2) is 41.3 Å². The largest absolute Gasteiger partial charge is 0.351 e. The third-order valence-electron chi connectivity index (χ3n) is 5.60. The lowest BCUT2D eigenvalue weighted by Crippen LogP contribution is -2.36. The zero-order valence-corrected chi connectivity index (χ0v) is 14.6. The van der Waals surface area contributed by atoms with Gasteiger partial charge in [0.25, 0.3) is 5.91 Å². The number of rotatable bonds is 3. The zero-order chi connectivity index (χ0) is 18.0. The SMILES string of the molecule is O=C(c1ccno1)N1CCCC2(CC1)CCN(Cc1ccncc1)C2=O. The van der Waals surface area contributed by atoms with Crippen LogP contribution in [0, 0.1) is 5.41 Å². The smallest absolute Gasteiger partial charge is 0.292 e. The van der Waals surface area contributed by atoms with Crippen LogP contribution in [0.3, 0.4) is 0 Å².